The van der Waals surface area contributed by atoms with Gasteiger partial charge in [-0.1, -0.05) is 0 Å². The molecule has 2 aromatic rings. The van der Waals surface area contributed by atoms with Crippen molar-refractivity contribution in [3.05, 3.63) is 34.8 Å². The van der Waals surface area contributed by atoms with E-state index in [2.05, 4.69) is 4.98 Å². The Hall–Kier alpha value is -1.88. The summed E-state index contributed by atoms with van der Waals surface area (Å²) in [4.78, 5) is 17.1. The Bertz CT molecular complexity index is 592. The average molecular weight is 246 g/mol. The number of amides is 1. The molecule has 0 aliphatic carbocycles. The summed E-state index contributed by atoms with van der Waals surface area (Å²) in [7, 11) is 0. The zero-order chi connectivity index (χ0) is 11.8. The van der Waals surface area contributed by atoms with Crippen molar-refractivity contribution in [3.8, 4) is 16.3 Å². The third-order valence-corrected chi connectivity index (χ3v) is 3.87. The molecule has 0 bridgehead atoms. The van der Waals surface area contributed by atoms with Crippen molar-refractivity contribution in [2.24, 2.45) is 5.73 Å². The summed E-state index contributed by atoms with van der Waals surface area (Å²) in [5, 5.41) is 0. The van der Waals surface area contributed by atoms with E-state index in [0.29, 0.717) is 11.5 Å². The maximum atomic E-state index is 11.2. The Morgan fingerprint density at radius 2 is 2.41 bits per heavy atom. The Kier molecular flexibility index (Phi) is 2.33. The molecule has 86 valence electrons. The number of thiophene rings is 1. The van der Waals surface area contributed by atoms with E-state index in [1.54, 1.807) is 6.20 Å². The van der Waals surface area contributed by atoms with Gasteiger partial charge in [-0.3, -0.25) is 9.78 Å². The van der Waals surface area contributed by atoms with Crippen LogP contribution in [0.15, 0.2) is 24.4 Å². The van der Waals surface area contributed by atoms with E-state index in [1.807, 2.05) is 18.2 Å². The minimum atomic E-state index is -0.388. The highest BCUT2D eigenvalue weighted by Crippen LogP contribution is 2.38. The fourth-order valence-electron chi connectivity index (χ4n) is 1.88. The minimum absolute atomic E-state index is 0.388. The number of hydrogen-bond donors (Lipinski definition) is 1. The molecule has 3 heterocycles. The molecule has 0 spiro atoms. The number of ether oxygens (including phenoxy) is 1. The largest absolute Gasteiger partial charge is 0.491 e. The molecule has 4 nitrogen and oxygen atoms in total. The minimum Gasteiger partial charge on any atom is -0.491 e. The van der Waals surface area contributed by atoms with Gasteiger partial charge in [-0.25, -0.2) is 0 Å². The fraction of sp³-hybridized carbons (Fsp3) is 0.167. The number of nitrogens with two attached hydrogens (primary N) is 1. The first-order valence-corrected chi connectivity index (χ1v) is 6.08. The second kappa shape index (κ2) is 3.85. The molecule has 0 atom stereocenters. The van der Waals surface area contributed by atoms with Crippen LogP contribution in [0.3, 0.4) is 0 Å². The van der Waals surface area contributed by atoms with Crippen molar-refractivity contribution in [2.45, 2.75) is 6.42 Å². The average Bonchev–Trinajstić information content (AvgIpc) is 2.67. The smallest absolute Gasteiger partial charge is 0.258 e. The molecule has 0 unspecified atom stereocenters. The summed E-state index contributed by atoms with van der Waals surface area (Å²) in [6, 6.07) is 5.57. The van der Waals surface area contributed by atoms with Crippen molar-refractivity contribution in [1.29, 1.82) is 0 Å². The molecule has 1 aliphatic heterocycles. The standard InChI is InChI=1S/C12H10N2O2S/c13-12(15)9-6-7-3-5-16-8-2-1-4-14-10(8)11(7)17-9/h1-2,4,6H,3,5H2,(H2,13,15). The van der Waals surface area contributed by atoms with Crippen LogP contribution in [0, 0.1) is 0 Å². The van der Waals surface area contributed by atoms with Gasteiger partial charge in [0.15, 0.2) is 0 Å². The second-order valence-corrected chi connectivity index (χ2v) is 4.83. The number of carbonyl (C=O) groups excluding carboxylic acids is 1. The highest BCUT2D eigenvalue weighted by molar-refractivity contribution is 7.17. The molecule has 0 radical (unpaired) electrons. The molecule has 17 heavy (non-hydrogen) atoms. The van der Waals surface area contributed by atoms with Crippen molar-refractivity contribution in [1.82, 2.24) is 4.98 Å². The summed E-state index contributed by atoms with van der Waals surface area (Å²) >= 11 is 1.38. The number of pyridine rings is 1. The van der Waals surface area contributed by atoms with E-state index in [0.717, 1.165) is 28.3 Å². The molecule has 1 aliphatic rings. The number of hydrogen-bond acceptors (Lipinski definition) is 4. The first kappa shape index (κ1) is 10.3. The Morgan fingerprint density at radius 1 is 1.53 bits per heavy atom. The van der Waals surface area contributed by atoms with Gasteiger partial charge in [-0.2, -0.15) is 0 Å². The Morgan fingerprint density at radius 3 is 3.24 bits per heavy atom. The number of primary amides is 1. The molecule has 1 amide bonds. The van der Waals surface area contributed by atoms with Crippen LogP contribution >= 0.6 is 11.3 Å². The lowest BCUT2D eigenvalue weighted by Crippen LogP contribution is -2.08. The summed E-state index contributed by atoms with van der Waals surface area (Å²) in [5.41, 5.74) is 7.19. The molecular formula is C12H10N2O2S. The SMILES string of the molecule is NC(=O)c1cc2c(s1)-c1ncccc1OCC2. The lowest BCUT2D eigenvalue weighted by molar-refractivity contribution is 0.100. The molecule has 2 aromatic heterocycles. The summed E-state index contributed by atoms with van der Waals surface area (Å²) < 4.78 is 5.62. The van der Waals surface area contributed by atoms with Crippen LogP contribution in [0.2, 0.25) is 0 Å². The number of aromatic nitrogens is 1. The molecule has 2 N–H and O–H groups in total. The summed E-state index contributed by atoms with van der Waals surface area (Å²) in [5.74, 6) is 0.380. The zero-order valence-electron chi connectivity index (χ0n) is 8.97. The molecule has 0 aromatic carbocycles. The first-order chi connectivity index (χ1) is 8.25. The highest BCUT2D eigenvalue weighted by Gasteiger charge is 2.20. The van der Waals surface area contributed by atoms with Gasteiger partial charge in [0.25, 0.3) is 5.91 Å². The third-order valence-electron chi connectivity index (χ3n) is 2.67. The van der Waals surface area contributed by atoms with Gasteiger partial charge < -0.3 is 10.5 Å². The van der Waals surface area contributed by atoms with Gasteiger partial charge in [0.1, 0.15) is 11.4 Å². The second-order valence-electron chi connectivity index (χ2n) is 3.78. The predicted molar refractivity (Wildman–Crippen MR) is 65.3 cm³/mol. The van der Waals surface area contributed by atoms with Gasteiger partial charge >= 0.3 is 0 Å². The maximum absolute atomic E-state index is 11.2. The van der Waals surface area contributed by atoms with E-state index in [9.17, 15) is 4.79 Å². The molecule has 0 fully saturated rings. The lowest BCUT2D eigenvalue weighted by atomic mass is 10.1. The third kappa shape index (κ3) is 1.68. The Balaban J connectivity index is 2.21. The van der Waals surface area contributed by atoms with E-state index in [4.69, 9.17) is 10.5 Å². The molecule has 5 heteroatoms. The lowest BCUT2D eigenvalue weighted by Gasteiger charge is -2.04. The molecular weight excluding hydrogens is 236 g/mol. The monoisotopic (exact) mass is 246 g/mol. The van der Waals surface area contributed by atoms with Crippen LogP contribution < -0.4 is 10.5 Å². The molecule has 3 rings (SSSR count). The quantitative estimate of drug-likeness (QED) is 0.835. The normalized spacial score (nSPS) is 13.2. The van der Waals surface area contributed by atoms with Crippen LogP contribution in [0.4, 0.5) is 0 Å². The zero-order valence-corrected chi connectivity index (χ0v) is 9.79. The van der Waals surface area contributed by atoms with Gasteiger partial charge in [0.05, 0.1) is 16.4 Å². The summed E-state index contributed by atoms with van der Waals surface area (Å²) in [6.07, 6.45) is 2.50. The Labute approximate surface area is 102 Å². The number of rotatable bonds is 1. The maximum Gasteiger partial charge on any atom is 0.258 e. The van der Waals surface area contributed by atoms with Gasteiger partial charge in [0.2, 0.25) is 0 Å². The molecule has 0 saturated carbocycles. The van der Waals surface area contributed by atoms with Crippen LogP contribution in [-0.2, 0) is 6.42 Å². The van der Waals surface area contributed by atoms with E-state index < -0.39 is 0 Å². The van der Waals surface area contributed by atoms with Crippen LogP contribution in [0.1, 0.15) is 15.2 Å². The van der Waals surface area contributed by atoms with Crippen LogP contribution in [0.5, 0.6) is 5.75 Å². The topological polar surface area (TPSA) is 65.2 Å². The van der Waals surface area contributed by atoms with Crippen molar-refractivity contribution < 1.29 is 9.53 Å². The number of fused-ring (bicyclic) bond motifs is 3. The number of nitrogens with zero attached hydrogens (tertiary/aromatic N) is 1. The fourth-order valence-corrected chi connectivity index (χ4v) is 2.95. The van der Waals surface area contributed by atoms with E-state index in [1.165, 1.54) is 11.3 Å². The van der Waals surface area contributed by atoms with Crippen molar-refractivity contribution in [3.63, 3.8) is 0 Å². The number of carbonyl (C=O) groups is 1. The van der Waals surface area contributed by atoms with Crippen LogP contribution in [-0.4, -0.2) is 17.5 Å². The van der Waals surface area contributed by atoms with Gasteiger partial charge in [-0.15, -0.1) is 11.3 Å². The van der Waals surface area contributed by atoms with Gasteiger partial charge in [0, 0.05) is 12.6 Å². The first-order valence-electron chi connectivity index (χ1n) is 5.26. The predicted octanol–water partition coefficient (Wildman–Crippen LogP) is 1.84. The van der Waals surface area contributed by atoms with Crippen molar-refractivity contribution >= 4 is 17.2 Å². The van der Waals surface area contributed by atoms with E-state index in [-0.39, 0.29) is 5.91 Å². The van der Waals surface area contributed by atoms with Gasteiger partial charge in [-0.05, 0) is 23.8 Å². The summed E-state index contributed by atoms with van der Waals surface area (Å²) in [6.45, 7) is 0.598. The highest BCUT2D eigenvalue weighted by atomic mass is 32.1. The van der Waals surface area contributed by atoms with E-state index >= 15 is 0 Å². The van der Waals surface area contributed by atoms with Crippen molar-refractivity contribution in [2.75, 3.05) is 6.61 Å². The van der Waals surface area contributed by atoms with Crippen LogP contribution in [0.25, 0.3) is 10.6 Å². The molecule has 0 saturated heterocycles.